The number of hydrogen-bond donors (Lipinski definition) is 4. The van der Waals surface area contributed by atoms with E-state index in [4.69, 9.17) is 24.4 Å². The summed E-state index contributed by atoms with van der Waals surface area (Å²) in [4.78, 5) is 22.6. The van der Waals surface area contributed by atoms with Gasteiger partial charge in [0.05, 0.1) is 0 Å². The summed E-state index contributed by atoms with van der Waals surface area (Å²) in [7, 11) is 0. The first-order chi connectivity index (χ1) is 13.7. The molecule has 0 amide bonds. The third-order valence-electron chi connectivity index (χ3n) is 4.04. The summed E-state index contributed by atoms with van der Waals surface area (Å²) in [6, 6.07) is 14.3. The molecule has 2 aromatic carbocycles. The molecule has 0 aromatic heterocycles. The molecule has 0 saturated carbocycles. The Kier molecular flexibility index (Phi) is 8.23. The fourth-order valence-electron chi connectivity index (χ4n) is 2.44. The second-order valence-electron chi connectivity index (χ2n) is 6.60. The fraction of sp³-hybridized carbons (Fsp3) is 0.238. The van der Waals surface area contributed by atoms with E-state index in [0.29, 0.717) is 27.9 Å². The number of hydrogen-bond acceptors (Lipinski definition) is 4. The van der Waals surface area contributed by atoms with Gasteiger partial charge < -0.3 is 21.3 Å². The third kappa shape index (κ3) is 7.59. The van der Waals surface area contributed by atoms with Crippen LogP contribution in [0.3, 0.4) is 0 Å². The first-order valence-electron chi connectivity index (χ1n) is 9.09. The number of Topliss-reactive ketones (excluding diaryl/α,β-unsaturated/α-hetero) is 2. The number of thiocarbonyl (C=S) groups is 2. The molecule has 1 unspecified atom stereocenters. The summed E-state index contributed by atoms with van der Waals surface area (Å²) in [5.74, 6) is 0.0489. The van der Waals surface area contributed by atoms with Crippen molar-refractivity contribution >= 4 is 57.6 Å². The van der Waals surface area contributed by atoms with Crippen LogP contribution >= 0.6 is 24.4 Å². The number of anilines is 2. The smallest absolute Gasteiger partial charge is 0.171 e. The van der Waals surface area contributed by atoms with Crippen molar-refractivity contribution in [2.75, 3.05) is 17.2 Å². The predicted molar refractivity (Wildman–Crippen MR) is 126 cm³/mol. The van der Waals surface area contributed by atoms with E-state index in [-0.39, 0.29) is 17.6 Å². The van der Waals surface area contributed by atoms with Crippen LogP contribution in [-0.4, -0.2) is 34.4 Å². The highest BCUT2D eigenvalue weighted by atomic mass is 32.1. The van der Waals surface area contributed by atoms with Crippen molar-refractivity contribution in [3.05, 3.63) is 59.7 Å². The summed E-state index contributed by atoms with van der Waals surface area (Å²) in [6.07, 6.45) is 0. The number of nitrogens with one attached hydrogen (secondary N) is 4. The maximum absolute atomic E-state index is 11.3. The van der Waals surface area contributed by atoms with Gasteiger partial charge in [0, 0.05) is 35.1 Å². The monoisotopic (exact) mass is 428 g/mol. The molecule has 4 N–H and O–H groups in total. The molecule has 0 aliphatic heterocycles. The molecule has 6 nitrogen and oxygen atoms in total. The van der Waals surface area contributed by atoms with E-state index < -0.39 is 0 Å². The van der Waals surface area contributed by atoms with E-state index in [1.165, 1.54) is 13.8 Å². The van der Waals surface area contributed by atoms with E-state index >= 15 is 0 Å². The molecule has 0 bridgehead atoms. The molecule has 2 aromatic rings. The molecule has 1 atom stereocenters. The van der Waals surface area contributed by atoms with Gasteiger partial charge in [-0.1, -0.05) is 0 Å². The molecule has 2 rings (SSSR count). The van der Waals surface area contributed by atoms with Crippen LogP contribution in [0.1, 0.15) is 41.5 Å². The minimum Gasteiger partial charge on any atom is -0.360 e. The zero-order valence-corrected chi connectivity index (χ0v) is 18.2. The van der Waals surface area contributed by atoms with Gasteiger partial charge in [-0.15, -0.1) is 0 Å². The standard InChI is InChI=1S/C21H24N4O2S2/c1-13(23-21(29)25-19-10-6-17(7-11-19)15(3)27)12-22-20(28)24-18-8-4-16(5-9-18)14(2)26/h4-11,13H,12H2,1-3H3,(H2,22,24,28)(H2,23,25,29). The molecule has 0 heterocycles. The fourth-order valence-corrected chi connectivity index (χ4v) is 2.96. The molecule has 152 valence electrons. The summed E-state index contributed by atoms with van der Waals surface area (Å²) < 4.78 is 0. The van der Waals surface area contributed by atoms with Crippen LogP contribution in [-0.2, 0) is 0 Å². The molecule has 8 heteroatoms. The van der Waals surface area contributed by atoms with Crippen molar-refractivity contribution in [1.82, 2.24) is 10.6 Å². The van der Waals surface area contributed by atoms with Gasteiger partial charge in [-0.2, -0.15) is 0 Å². The van der Waals surface area contributed by atoms with Crippen LogP contribution in [0.2, 0.25) is 0 Å². The average Bonchev–Trinajstić information content (AvgIpc) is 2.67. The van der Waals surface area contributed by atoms with Gasteiger partial charge in [-0.3, -0.25) is 9.59 Å². The minimum absolute atomic E-state index is 0.0198. The van der Waals surface area contributed by atoms with Gasteiger partial charge in [0.2, 0.25) is 0 Å². The Labute approximate surface area is 181 Å². The van der Waals surface area contributed by atoms with Gasteiger partial charge in [0.25, 0.3) is 0 Å². The molecule has 0 saturated heterocycles. The van der Waals surface area contributed by atoms with Gasteiger partial charge in [-0.05, 0) is 93.7 Å². The van der Waals surface area contributed by atoms with Gasteiger partial charge in [-0.25, -0.2) is 0 Å². The first-order valence-corrected chi connectivity index (χ1v) is 9.90. The second-order valence-corrected chi connectivity index (χ2v) is 7.42. The van der Waals surface area contributed by atoms with E-state index in [1.807, 2.05) is 31.2 Å². The number of ketones is 2. The largest absolute Gasteiger partial charge is 0.360 e. The van der Waals surface area contributed by atoms with Crippen LogP contribution in [0.15, 0.2) is 48.5 Å². The lowest BCUT2D eigenvalue weighted by Gasteiger charge is -2.19. The van der Waals surface area contributed by atoms with Crippen molar-refractivity contribution in [3.63, 3.8) is 0 Å². The molecule has 0 radical (unpaired) electrons. The van der Waals surface area contributed by atoms with Crippen LogP contribution in [0.4, 0.5) is 11.4 Å². The highest BCUT2D eigenvalue weighted by Gasteiger charge is 2.07. The summed E-state index contributed by atoms with van der Waals surface area (Å²) in [6.45, 7) is 5.60. The minimum atomic E-state index is 0.0198. The van der Waals surface area contributed by atoms with Gasteiger partial charge >= 0.3 is 0 Å². The quantitative estimate of drug-likeness (QED) is 0.392. The lowest BCUT2D eigenvalue weighted by Crippen LogP contribution is -2.44. The highest BCUT2D eigenvalue weighted by Crippen LogP contribution is 2.11. The number of carbonyl (C=O) groups excluding carboxylic acids is 2. The van der Waals surface area contributed by atoms with Crippen LogP contribution in [0.25, 0.3) is 0 Å². The van der Waals surface area contributed by atoms with E-state index in [9.17, 15) is 9.59 Å². The number of carbonyl (C=O) groups is 2. The van der Waals surface area contributed by atoms with Crippen LogP contribution in [0.5, 0.6) is 0 Å². The van der Waals surface area contributed by atoms with E-state index in [2.05, 4.69) is 21.3 Å². The Morgan fingerprint density at radius 1 is 0.793 bits per heavy atom. The molecule has 0 aliphatic rings. The SMILES string of the molecule is CC(=O)c1ccc(NC(=S)NCC(C)NC(=S)Nc2ccc(C(C)=O)cc2)cc1. The van der Waals surface area contributed by atoms with Crippen LogP contribution < -0.4 is 21.3 Å². The summed E-state index contributed by atoms with van der Waals surface area (Å²) >= 11 is 10.6. The summed E-state index contributed by atoms with van der Waals surface area (Å²) in [5, 5.41) is 13.4. The molecule has 0 spiro atoms. The predicted octanol–water partition coefficient (Wildman–Crippen LogP) is 3.75. The molecule has 0 fully saturated rings. The zero-order chi connectivity index (χ0) is 21.4. The van der Waals surface area contributed by atoms with Crippen molar-refractivity contribution in [1.29, 1.82) is 0 Å². The lowest BCUT2D eigenvalue weighted by molar-refractivity contribution is 0.100. The average molecular weight is 429 g/mol. The highest BCUT2D eigenvalue weighted by molar-refractivity contribution is 7.80. The van der Waals surface area contributed by atoms with E-state index in [1.54, 1.807) is 24.3 Å². The van der Waals surface area contributed by atoms with Gasteiger partial charge in [0.1, 0.15) is 0 Å². The lowest BCUT2D eigenvalue weighted by atomic mass is 10.1. The van der Waals surface area contributed by atoms with Gasteiger partial charge in [0.15, 0.2) is 21.8 Å². The Balaban J connectivity index is 1.74. The van der Waals surface area contributed by atoms with E-state index in [0.717, 1.165) is 11.4 Å². The molecule has 29 heavy (non-hydrogen) atoms. The zero-order valence-electron chi connectivity index (χ0n) is 16.5. The second kappa shape index (κ2) is 10.6. The summed E-state index contributed by atoms with van der Waals surface area (Å²) in [5.41, 5.74) is 2.92. The van der Waals surface area contributed by atoms with Crippen molar-refractivity contribution in [3.8, 4) is 0 Å². The first kappa shape index (κ1) is 22.4. The Morgan fingerprint density at radius 2 is 1.21 bits per heavy atom. The maximum atomic E-state index is 11.3. The van der Waals surface area contributed by atoms with Crippen molar-refractivity contribution < 1.29 is 9.59 Å². The topological polar surface area (TPSA) is 82.3 Å². The maximum Gasteiger partial charge on any atom is 0.171 e. The Morgan fingerprint density at radius 3 is 1.62 bits per heavy atom. The molecular formula is C21H24N4O2S2. The molecular weight excluding hydrogens is 404 g/mol. The van der Waals surface area contributed by atoms with Crippen molar-refractivity contribution in [2.45, 2.75) is 26.8 Å². The number of benzene rings is 2. The number of rotatable bonds is 7. The Hall–Kier alpha value is -2.84. The third-order valence-corrected chi connectivity index (χ3v) is 4.51. The normalized spacial score (nSPS) is 11.1. The Bertz CT molecular complexity index is 896. The van der Waals surface area contributed by atoms with Crippen molar-refractivity contribution in [2.24, 2.45) is 0 Å². The van der Waals surface area contributed by atoms with Crippen LogP contribution in [0, 0.1) is 0 Å². The molecule has 0 aliphatic carbocycles.